The number of nitrogens with one attached hydrogen (secondary N) is 2. The first-order valence-electron chi connectivity index (χ1n) is 12.7. The number of aryl methyl sites for hydroxylation is 2. The molecule has 0 saturated heterocycles. The summed E-state index contributed by atoms with van der Waals surface area (Å²) < 4.78 is 29.1. The molecule has 2 aromatic rings. The van der Waals surface area contributed by atoms with Crippen molar-refractivity contribution in [2.45, 2.75) is 89.4 Å². The van der Waals surface area contributed by atoms with Crippen molar-refractivity contribution in [3.63, 3.8) is 0 Å². The number of aromatic nitrogens is 1. The third kappa shape index (κ3) is 6.58. The maximum atomic E-state index is 13.1. The highest BCUT2D eigenvalue weighted by Gasteiger charge is 2.21. The Kier molecular flexibility index (Phi) is 8.47. The molecule has 2 saturated carbocycles. The summed E-state index contributed by atoms with van der Waals surface area (Å²) in [4.78, 5) is 6.15. The van der Waals surface area contributed by atoms with Crippen LogP contribution in [0.3, 0.4) is 0 Å². The quantitative estimate of drug-likeness (QED) is 0.413. The van der Waals surface area contributed by atoms with Gasteiger partial charge in [-0.2, -0.15) is 0 Å². The van der Waals surface area contributed by atoms with Gasteiger partial charge in [-0.15, -0.1) is 0 Å². The van der Waals surface area contributed by atoms with Crippen LogP contribution < -0.4 is 10.0 Å². The topological polar surface area (TPSA) is 71.1 Å². The first-order valence-corrected chi connectivity index (χ1v) is 15.0. The molecule has 2 N–H and O–H groups in total. The zero-order valence-electron chi connectivity index (χ0n) is 20.2. The Balaban J connectivity index is 1.43. The number of benzene rings is 1. The van der Waals surface area contributed by atoms with Gasteiger partial charge in [-0.1, -0.05) is 74.8 Å². The Hall–Kier alpha value is -1.44. The van der Waals surface area contributed by atoms with E-state index in [4.69, 9.17) is 4.98 Å². The monoisotopic (exact) mass is 489 g/mol. The first kappa shape index (κ1) is 24.7. The first-order chi connectivity index (χ1) is 15.9. The molecule has 4 rings (SSSR count). The Bertz CT molecular complexity index is 1020. The maximum Gasteiger partial charge on any atom is 0.240 e. The van der Waals surface area contributed by atoms with E-state index in [1.807, 2.05) is 32.0 Å². The van der Waals surface area contributed by atoms with Crippen molar-refractivity contribution >= 4 is 26.5 Å². The molecule has 0 unspecified atom stereocenters. The summed E-state index contributed by atoms with van der Waals surface area (Å²) in [5, 5.41) is 4.47. The molecule has 5 nitrogen and oxygen atoms in total. The highest BCUT2D eigenvalue weighted by Crippen LogP contribution is 2.35. The summed E-state index contributed by atoms with van der Waals surface area (Å²) in [6.45, 7) is 5.38. The number of thiazole rings is 1. The van der Waals surface area contributed by atoms with E-state index >= 15 is 0 Å². The van der Waals surface area contributed by atoms with Gasteiger partial charge in [0.2, 0.25) is 10.0 Å². The molecule has 0 bridgehead atoms. The standard InChI is InChI=1S/C26H39N3O2S2/c1-19-13-14-23(17-24(19)33(30,31)28-16-15-21-9-5-3-6-10-21)25-20(2)29-26(32-25)27-18-22-11-7-4-8-12-22/h13-14,17,21-22,28H,3-12,15-16,18H2,1-2H3,(H,27,29). The molecular formula is C26H39N3O2S2. The molecule has 0 spiro atoms. The van der Waals surface area contributed by atoms with Crippen molar-refractivity contribution in [1.82, 2.24) is 9.71 Å². The number of nitrogens with zero attached hydrogens (tertiary/aromatic N) is 1. The van der Waals surface area contributed by atoms with Crippen molar-refractivity contribution in [2.24, 2.45) is 11.8 Å². The molecule has 0 aliphatic heterocycles. The van der Waals surface area contributed by atoms with E-state index < -0.39 is 10.0 Å². The Morgan fingerprint density at radius 3 is 2.33 bits per heavy atom. The van der Waals surface area contributed by atoms with Gasteiger partial charge in [0.1, 0.15) is 0 Å². The van der Waals surface area contributed by atoms with E-state index in [1.165, 1.54) is 64.2 Å². The van der Waals surface area contributed by atoms with Crippen molar-refractivity contribution < 1.29 is 8.42 Å². The average Bonchev–Trinajstić information content (AvgIpc) is 3.19. The van der Waals surface area contributed by atoms with Gasteiger partial charge >= 0.3 is 0 Å². The largest absolute Gasteiger partial charge is 0.361 e. The Morgan fingerprint density at radius 2 is 1.64 bits per heavy atom. The minimum Gasteiger partial charge on any atom is -0.361 e. The van der Waals surface area contributed by atoms with E-state index in [0.29, 0.717) is 17.4 Å². The van der Waals surface area contributed by atoms with Gasteiger partial charge in [0.05, 0.1) is 15.5 Å². The summed E-state index contributed by atoms with van der Waals surface area (Å²) in [7, 11) is -3.53. The minimum absolute atomic E-state index is 0.383. The summed E-state index contributed by atoms with van der Waals surface area (Å²) >= 11 is 1.63. The van der Waals surface area contributed by atoms with Gasteiger partial charge < -0.3 is 5.32 Å². The molecule has 1 aromatic heterocycles. The number of rotatable bonds is 9. The molecule has 0 atom stereocenters. The fourth-order valence-corrected chi connectivity index (χ4v) is 7.63. The van der Waals surface area contributed by atoms with Crippen LogP contribution in [0.4, 0.5) is 5.13 Å². The molecule has 2 aliphatic rings. The zero-order valence-corrected chi connectivity index (χ0v) is 21.8. The van der Waals surface area contributed by atoms with Gasteiger partial charge in [-0.3, -0.25) is 0 Å². The van der Waals surface area contributed by atoms with Crippen LogP contribution in [-0.4, -0.2) is 26.5 Å². The molecule has 2 aliphatic carbocycles. The van der Waals surface area contributed by atoms with Crippen molar-refractivity contribution in [3.8, 4) is 10.4 Å². The Morgan fingerprint density at radius 1 is 0.970 bits per heavy atom. The van der Waals surface area contributed by atoms with Crippen LogP contribution in [0.2, 0.25) is 0 Å². The lowest BCUT2D eigenvalue weighted by Gasteiger charge is -2.21. The molecule has 33 heavy (non-hydrogen) atoms. The predicted molar refractivity (Wildman–Crippen MR) is 138 cm³/mol. The van der Waals surface area contributed by atoms with Crippen LogP contribution >= 0.6 is 11.3 Å². The maximum absolute atomic E-state index is 13.1. The van der Waals surface area contributed by atoms with Crippen LogP contribution in [0.25, 0.3) is 10.4 Å². The number of anilines is 1. The average molecular weight is 490 g/mol. The lowest BCUT2D eigenvalue weighted by Crippen LogP contribution is -2.27. The lowest BCUT2D eigenvalue weighted by molar-refractivity contribution is 0.339. The van der Waals surface area contributed by atoms with Gasteiger partial charge in [-0.25, -0.2) is 18.1 Å². The van der Waals surface area contributed by atoms with Crippen LogP contribution in [0.1, 0.15) is 81.9 Å². The van der Waals surface area contributed by atoms with E-state index in [2.05, 4.69) is 10.0 Å². The van der Waals surface area contributed by atoms with E-state index in [-0.39, 0.29) is 0 Å². The highest BCUT2D eigenvalue weighted by molar-refractivity contribution is 7.89. The fraction of sp³-hybridized carbons (Fsp3) is 0.654. The fourth-order valence-electron chi connectivity index (χ4n) is 5.34. The SMILES string of the molecule is Cc1ccc(-c2sc(NCC3CCCCC3)nc2C)cc1S(=O)(=O)NCCC1CCCCC1. The highest BCUT2D eigenvalue weighted by atomic mass is 32.2. The third-order valence-electron chi connectivity index (χ3n) is 7.37. The van der Waals surface area contributed by atoms with Gasteiger partial charge in [0, 0.05) is 13.1 Å². The molecule has 0 amide bonds. The normalized spacial score (nSPS) is 18.5. The summed E-state index contributed by atoms with van der Waals surface area (Å²) in [6.07, 6.45) is 13.9. The van der Waals surface area contributed by atoms with Gasteiger partial charge in [0.25, 0.3) is 0 Å². The summed E-state index contributed by atoms with van der Waals surface area (Å²) in [5.74, 6) is 1.40. The molecule has 2 fully saturated rings. The molecular weight excluding hydrogens is 450 g/mol. The van der Waals surface area contributed by atoms with Crippen LogP contribution in [0, 0.1) is 25.7 Å². The van der Waals surface area contributed by atoms with Crippen molar-refractivity contribution in [1.29, 1.82) is 0 Å². The van der Waals surface area contributed by atoms with Crippen LogP contribution in [-0.2, 0) is 10.0 Å². The lowest BCUT2D eigenvalue weighted by atomic mass is 9.87. The van der Waals surface area contributed by atoms with Crippen molar-refractivity contribution in [2.75, 3.05) is 18.4 Å². The second-order valence-electron chi connectivity index (χ2n) is 9.99. The van der Waals surface area contributed by atoms with Gasteiger partial charge in [0.15, 0.2) is 5.13 Å². The second kappa shape index (κ2) is 11.3. The summed E-state index contributed by atoms with van der Waals surface area (Å²) in [6, 6.07) is 5.75. The molecule has 1 heterocycles. The predicted octanol–water partition coefficient (Wildman–Crippen LogP) is 6.67. The van der Waals surface area contributed by atoms with E-state index in [1.54, 1.807) is 11.3 Å². The van der Waals surface area contributed by atoms with Gasteiger partial charge in [-0.05, 0) is 62.1 Å². The van der Waals surface area contributed by atoms with Crippen molar-refractivity contribution in [3.05, 3.63) is 29.5 Å². The molecule has 0 radical (unpaired) electrons. The second-order valence-corrected chi connectivity index (χ2v) is 12.7. The third-order valence-corrected chi connectivity index (χ3v) is 10.1. The number of sulfonamides is 1. The Labute approximate surface area is 203 Å². The number of hydrogen-bond donors (Lipinski definition) is 2. The molecule has 182 valence electrons. The molecule has 7 heteroatoms. The minimum atomic E-state index is -3.53. The summed E-state index contributed by atoms with van der Waals surface area (Å²) in [5.41, 5.74) is 2.65. The zero-order chi connectivity index (χ0) is 23.3. The number of hydrogen-bond acceptors (Lipinski definition) is 5. The van der Waals surface area contributed by atoms with E-state index in [0.717, 1.165) is 45.7 Å². The van der Waals surface area contributed by atoms with E-state index in [9.17, 15) is 8.42 Å². The van der Waals surface area contributed by atoms with Crippen LogP contribution in [0.5, 0.6) is 0 Å². The van der Waals surface area contributed by atoms with Crippen LogP contribution in [0.15, 0.2) is 23.1 Å². The smallest absolute Gasteiger partial charge is 0.240 e. The molecule has 1 aromatic carbocycles.